The summed E-state index contributed by atoms with van der Waals surface area (Å²) in [4.78, 5) is 15.3. The largest absolute Gasteiger partial charge is 0.456 e. The van der Waals surface area contributed by atoms with Crippen LogP contribution in [0.25, 0.3) is 111 Å². The van der Waals surface area contributed by atoms with Crippen molar-refractivity contribution in [2.24, 2.45) is 0 Å². The Morgan fingerprint density at radius 1 is 0.298 bits per heavy atom. The maximum Gasteiger partial charge on any atom is 0.164 e. The standard InChI is InChI=1S/C51H31N5O/c1-2-13-32(14-3-1)49-52-50(54-51(53-49)34-25-28-48-42(30-34)40-20-7-11-24-47(40)57-48)33-15-12-16-35(29-33)55-45-23-10-6-19-39(45)41-31-36(26-27-46(41)55)56-43-21-8-4-17-37(43)38-18-5-9-22-44(38)56/h1-31H. The molecule has 0 spiro atoms. The van der Waals surface area contributed by atoms with E-state index in [-0.39, 0.29) is 0 Å². The van der Waals surface area contributed by atoms with Crippen molar-refractivity contribution in [1.29, 1.82) is 0 Å². The smallest absolute Gasteiger partial charge is 0.164 e. The van der Waals surface area contributed by atoms with Gasteiger partial charge in [0.25, 0.3) is 0 Å². The molecule has 0 aliphatic rings. The van der Waals surface area contributed by atoms with Gasteiger partial charge >= 0.3 is 0 Å². The third-order valence-electron chi connectivity index (χ3n) is 11.2. The van der Waals surface area contributed by atoms with Crippen molar-refractivity contribution in [2.45, 2.75) is 0 Å². The maximum atomic E-state index is 6.14. The zero-order valence-corrected chi connectivity index (χ0v) is 30.5. The number of benzene rings is 8. The van der Waals surface area contributed by atoms with Crippen molar-refractivity contribution in [2.75, 3.05) is 0 Å². The van der Waals surface area contributed by atoms with E-state index in [1.807, 2.05) is 60.7 Å². The first-order valence-electron chi connectivity index (χ1n) is 19.1. The monoisotopic (exact) mass is 729 g/mol. The highest BCUT2D eigenvalue weighted by molar-refractivity contribution is 6.12. The number of nitrogens with zero attached hydrogens (tertiary/aromatic N) is 5. The average Bonchev–Trinajstić information content (AvgIpc) is 3.94. The fourth-order valence-electron chi connectivity index (χ4n) is 8.58. The third kappa shape index (κ3) is 4.94. The SMILES string of the molecule is c1ccc(-c2nc(-c3cccc(-n4c5ccccc5c5cc(-n6c7ccccc7c7ccccc76)ccc54)c3)nc(-c3ccc4oc5ccccc5c4c3)n2)cc1. The Morgan fingerprint density at radius 3 is 1.47 bits per heavy atom. The van der Waals surface area contributed by atoms with Crippen molar-refractivity contribution < 1.29 is 4.42 Å². The van der Waals surface area contributed by atoms with Crippen LogP contribution in [0.15, 0.2) is 192 Å². The lowest BCUT2D eigenvalue weighted by molar-refractivity contribution is 0.669. The second-order valence-electron chi connectivity index (χ2n) is 14.5. The summed E-state index contributed by atoms with van der Waals surface area (Å²) in [6.45, 7) is 0. The summed E-state index contributed by atoms with van der Waals surface area (Å²) >= 11 is 0. The number of furan rings is 1. The van der Waals surface area contributed by atoms with Crippen LogP contribution in [0, 0.1) is 0 Å². The maximum absolute atomic E-state index is 6.14. The van der Waals surface area contributed by atoms with E-state index in [9.17, 15) is 0 Å². The van der Waals surface area contributed by atoms with Gasteiger partial charge in [0.2, 0.25) is 0 Å². The van der Waals surface area contributed by atoms with E-state index >= 15 is 0 Å². The molecule has 0 aliphatic carbocycles. The molecule has 4 heterocycles. The van der Waals surface area contributed by atoms with Gasteiger partial charge in [-0.25, -0.2) is 15.0 Å². The van der Waals surface area contributed by atoms with Crippen LogP contribution in [0.5, 0.6) is 0 Å². The van der Waals surface area contributed by atoms with Crippen LogP contribution in [0.3, 0.4) is 0 Å². The lowest BCUT2D eigenvalue weighted by atomic mass is 10.1. The molecule has 8 aromatic carbocycles. The molecule has 0 unspecified atom stereocenters. The van der Waals surface area contributed by atoms with Crippen LogP contribution in [0.1, 0.15) is 0 Å². The summed E-state index contributed by atoms with van der Waals surface area (Å²) in [7, 11) is 0. The van der Waals surface area contributed by atoms with Gasteiger partial charge in [0.1, 0.15) is 11.2 Å². The molecule has 0 amide bonds. The molecule has 0 fully saturated rings. The molecule has 6 nitrogen and oxygen atoms in total. The summed E-state index contributed by atoms with van der Waals surface area (Å²) in [5, 5.41) is 6.97. The molecule has 0 saturated heterocycles. The fourth-order valence-corrected chi connectivity index (χ4v) is 8.58. The lowest BCUT2D eigenvalue weighted by Gasteiger charge is -2.12. The lowest BCUT2D eigenvalue weighted by Crippen LogP contribution is -2.01. The van der Waals surface area contributed by atoms with Gasteiger partial charge in [-0.1, -0.05) is 115 Å². The van der Waals surface area contributed by atoms with E-state index in [4.69, 9.17) is 19.4 Å². The van der Waals surface area contributed by atoms with Crippen molar-refractivity contribution in [3.8, 4) is 45.5 Å². The predicted octanol–water partition coefficient (Wildman–Crippen LogP) is 13.0. The van der Waals surface area contributed by atoms with Crippen LogP contribution in [-0.2, 0) is 0 Å². The van der Waals surface area contributed by atoms with Crippen molar-refractivity contribution >= 4 is 65.6 Å². The molecule has 0 N–H and O–H groups in total. The molecule has 0 saturated carbocycles. The Labute approximate surface area is 326 Å². The minimum atomic E-state index is 0.603. The Bertz CT molecular complexity index is 3490. The number of hydrogen-bond donors (Lipinski definition) is 0. The number of fused-ring (bicyclic) bond motifs is 9. The Balaban J connectivity index is 1.03. The molecule has 6 heteroatoms. The van der Waals surface area contributed by atoms with Crippen LogP contribution in [0.4, 0.5) is 0 Å². The Kier molecular flexibility index (Phi) is 6.83. The van der Waals surface area contributed by atoms with Gasteiger partial charge in [0, 0.05) is 60.4 Å². The predicted molar refractivity (Wildman–Crippen MR) is 232 cm³/mol. The minimum absolute atomic E-state index is 0.603. The molecule has 0 aliphatic heterocycles. The van der Waals surface area contributed by atoms with Gasteiger partial charge in [-0.15, -0.1) is 0 Å². The normalized spacial score (nSPS) is 11.9. The molecule has 266 valence electrons. The van der Waals surface area contributed by atoms with Gasteiger partial charge in [-0.3, -0.25) is 0 Å². The van der Waals surface area contributed by atoms with E-state index in [2.05, 4.69) is 137 Å². The highest BCUT2D eigenvalue weighted by Gasteiger charge is 2.19. The Hall–Kier alpha value is -7.83. The van der Waals surface area contributed by atoms with Gasteiger partial charge in [-0.05, 0) is 72.8 Å². The van der Waals surface area contributed by atoms with Crippen LogP contribution >= 0.6 is 0 Å². The second kappa shape index (κ2) is 12.3. The molecule has 0 radical (unpaired) electrons. The summed E-state index contributed by atoms with van der Waals surface area (Å²) in [6.07, 6.45) is 0. The summed E-state index contributed by atoms with van der Waals surface area (Å²) in [5.41, 5.74) is 11.2. The molecule has 57 heavy (non-hydrogen) atoms. The highest BCUT2D eigenvalue weighted by Crippen LogP contribution is 2.38. The van der Waals surface area contributed by atoms with E-state index in [0.29, 0.717) is 17.5 Å². The first kappa shape index (κ1) is 31.5. The fraction of sp³-hybridized carbons (Fsp3) is 0. The van der Waals surface area contributed by atoms with E-state index < -0.39 is 0 Å². The number of rotatable bonds is 5. The molecule has 4 aromatic heterocycles. The van der Waals surface area contributed by atoms with E-state index in [1.165, 1.54) is 32.6 Å². The first-order valence-corrected chi connectivity index (χ1v) is 19.1. The van der Waals surface area contributed by atoms with Gasteiger partial charge in [0.05, 0.1) is 22.1 Å². The Morgan fingerprint density at radius 2 is 0.789 bits per heavy atom. The molecular weight excluding hydrogens is 699 g/mol. The first-order chi connectivity index (χ1) is 28.2. The zero-order chi connectivity index (χ0) is 37.5. The topological polar surface area (TPSA) is 61.7 Å². The number of aromatic nitrogens is 5. The molecule has 12 rings (SSSR count). The highest BCUT2D eigenvalue weighted by atomic mass is 16.3. The van der Waals surface area contributed by atoms with Gasteiger partial charge in [0.15, 0.2) is 17.5 Å². The molecular formula is C51H31N5O. The van der Waals surface area contributed by atoms with E-state index in [1.54, 1.807) is 0 Å². The molecule has 0 atom stereocenters. The number of hydrogen-bond acceptors (Lipinski definition) is 4. The van der Waals surface area contributed by atoms with Crippen LogP contribution in [0.2, 0.25) is 0 Å². The minimum Gasteiger partial charge on any atom is -0.456 e. The summed E-state index contributed by atoms with van der Waals surface area (Å²) in [6, 6.07) is 65.7. The summed E-state index contributed by atoms with van der Waals surface area (Å²) in [5.74, 6) is 1.82. The average molecular weight is 730 g/mol. The zero-order valence-electron chi connectivity index (χ0n) is 30.5. The van der Waals surface area contributed by atoms with Crippen LogP contribution < -0.4 is 0 Å². The summed E-state index contributed by atoms with van der Waals surface area (Å²) < 4.78 is 10.9. The second-order valence-corrected chi connectivity index (χ2v) is 14.5. The molecule has 12 aromatic rings. The third-order valence-corrected chi connectivity index (χ3v) is 11.2. The van der Waals surface area contributed by atoms with Gasteiger partial charge in [-0.2, -0.15) is 0 Å². The van der Waals surface area contributed by atoms with E-state index in [0.717, 1.165) is 61.0 Å². The quantitative estimate of drug-likeness (QED) is 0.177. The van der Waals surface area contributed by atoms with Gasteiger partial charge < -0.3 is 13.6 Å². The van der Waals surface area contributed by atoms with Crippen molar-refractivity contribution in [3.05, 3.63) is 188 Å². The molecule has 0 bridgehead atoms. The number of para-hydroxylation sites is 4. The van der Waals surface area contributed by atoms with Crippen LogP contribution in [-0.4, -0.2) is 24.1 Å². The van der Waals surface area contributed by atoms with Crippen molar-refractivity contribution in [3.63, 3.8) is 0 Å². The van der Waals surface area contributed by atoms with Crippen molar-refractivity contribution in [1.82, 2.24) is 24.1 Å².